The molecule has 2 amide bonds. The highest BCUT2D eigenvalue weighted by atomic mass is 28.4. The molecule has 2 heterocycles. The average Bonchev–Trinajstić information content (AvgIpc) is 3.32. The van der Waals surface area contributed by atoms with Crippen LogP contribution in [-0.4, -0.2) is 38.0 Å². The van der Waals surface area contributed by atoms with Gasteiger partial charge in [0.2, 0.25) is 8.41 Å². The van der Waals surface area contributed by atoms with E-state index in [4.69, 9.17) is 4.74 Å². The smallest absolute Gasteiger partial charge is 0.264 e. The molecule has 5 rings (SSSR count). The minimum absolute atomic E-state index is 0.129. The maximum Gasteiger partial charge on any atom is 0.264 e. The molecule has 38 heavy (non-hydrogen) atoms. The van der Waals surface area contributed by atoms with Crippen LogP contribution in [0.2, 0.25) is 18.6 Å². The second-order valence-corrected chi connectivity index (χ2v) is 14.5. The van der Waals surface area contributed by atoms with Gasteiger partial charge < -0.3 is 24.2 Å². The number of nitrogens with one attached hydrogen (secondary N) is 1. The largest absolute Gasteiger partial charge is 0.396 e. The molecular formula is C30H33FN2O4Si. The van der Waals surface area contributed by atoms with E-state index in [9.17, 15) is 14.7 Å². The van der Waals surface area contributed by atoms with E-state index in [0.29, 0.717) is 11.3 Å². The molecule has 0 radical (unpaired) electrons. The van der Waals surface area contributed by atoms with Crippen molar-refractivity contribution in [2.75, 3.05) is 16.8 Å². The standard InChI is InChI=1S/C30H33FN2O4Si/c1-20-27(38(2,3)31)26(16-17-34)37-30(20)24-14-7-8-15-25(24)33(29(30)36)19-21-10-9-13-23(18-21)32-28(35)22-11-5-4-6-12-22/h4-15,18,20,26-27,34H,16-17,19H2,1-3H3,(H,32,35)/t20-,26+,27-,30+/m0/s1. The highest BCUT2D eigenvalue weighted by Crippen LogP contribution is 2.60. The lowest BCUT2D eigenvalue weighted by molar-refractivity contribution is -0.146. The minimum Gasteiger partial charge on any atom is -0.396 e. The van der Waals surface area contributed by atoms with Crippen molar-refractivity contribution in [2.45, 2.75) is 50.2 Å². The van der Waals surface area contributed by atoms with E-state index in [2.05, 4.69) is 5.32 Å². The number of nitrogens with zero attached hydrogens (tertiary/aromatic N) is 1. The molecule has 4 atom stereocenters. The van der Waals surface area contributed by atoms with Gasteiger partial charge in [0.05, 0.1) is 18.3 Å². The molecule has 1 fully saturated rings. The van der Waals surface area contributed by atoms with Crippen LogP contribution in [0.4, 0.5) is 15.5 Å². The summed E-state index contributed by atoms with van der Waals surface area (Å²) in [5.41, 5.74) is 1.79. The fourth-order valence-electron chi connectivity index (χ4n) is 6.28. The first-order valence-corrected chi connectivity index (χ1v) is 16.0. The summed E-state index contributed by atoms with van der Waals surface area (Å²) < 4.78 is 22.1. The van der Waals surface area contributed by atoms with Gasteiger partial charge in [-0.2, -0.15) is 0 Å². The summed E-state index contributed by atoms with van der Waals surface area (Å²) >= 11 is 0. The van der Waals surface area contributed by atoms with E-state index in [0.717, 1.165) is 16.8 Å². The summed E-state index contributed by atoms with van der Waals surface area (Å²) in [5, 5.41) is 12.6. The third kappa shape index (κ3) is 4.46. The molecule has 2 N–H and O–H groups in total. The highest BCUT2D eigenvalue weighted by molar-refractivity contribution is 6.72. The molecule has 3 aromatic carbocycles. The van der Waals surface area contributed by atoms with Gasteiger partial charge in [-0.05, 0) is 55.4 Å². The number of carbonyl (C=O) groups is 2. The Balaban J connectivity index is 1.46. The summed E-state index contributed by atoms with van der Waals surface area (Å²) in [6.07, 6.45) is -0.245. The molecule has 8 heteroatoms. The molecule has 3 aromatic rings. The van der Waals surface area contributed by atoms with E-state index in [1.165, 1.54) is 0 Å². The van der Waals surface area contributed by atoms with Crippen LogP contribution < -0.4 is 10.2 Å². The molecular weight excluding hydrogens is 499 g/mol. The van der Waals surface area contributed by atoms with Crippen molar-refractivity contribution in [1.82, 2.24) is 0 Å². The van der Waals surface area contributed by atoms with Gasteiger partial charge in [0, 0.05) is 34.9 Å². The molecule has 1 saturated heterocycles. The summed E-state index contributed by atoms with van der Waals surface area (Å²) in [6.45, 7) is 5.36. The van der Waals surface area contributed by atoms with Crippen LogP contribution in [-0.2, 0) is 21.7 Å². The van der Waals surface area contributed by atoms with Crippen LogP contribution in [0.3, 0.4) is 0 Å². The SMILES string of the molecule is C[C@H]1[C@H]([Si](C)(C)F)[C@@H](CCO)O[C@]12C(=O)N(Cc1cccc(NC(=O)c3ccccc3)c1)c1ccccc12. The molecule has 2 aliphatic heterocycles. The van der Waals surface area contributed by atoms with E-state index in [1.807, 2.05) is 73.7 Å². The number of benzene rings is 3. The monoisotopic (exact) mass is 532 g/mol. The van der Waals surface area contributed by atoms with Crippen LogP contribution in [0.1, 0.15) is 34.8 Å². The first kappa shape index (κ1) is 26.3. The first-order chi connectivity index (χ1) is 18.2. The number of aliphatic hydroxyl groups is 1. The topological polar surface area (TPSA) is 78.9 Å². The van der Waals surface area contributed by atoms with Gasteiger partial charge in [-0.15, -0.1) is 0 Å². The summed E-state index contributed by atoms with van der Waals surface area (Å²) in [7, 11) is -3.23. The number of anilines is 2. The number of rotatable bonds is 7. The van der Waals surface area contributed by atoms with Crippen LogP contribution >= 0.6 is 0 Å². The highest BCUT2D eigenvalue weighted by Gasteiger charge is 2.66. The molecule has 0 saturated carbocycles. The molecule has 1 spiro atoms. The first-order valence-electron chi connectivity index (χ1n) is 13.0. The second kappa shape index (κ2) is 10.1. The quantitative estimate of drug-likeness (QED) is 0.305. The second-order valence-electron chi connectivity index (χ2n) is 10.7. The van der Waals surface area contributed by atoms with Crippen molar-refractivity contribution in [1.29, 1.82) is 0 Å². The summed E-state index contributed by atoms with van der Waals surface area (Å²) in [4.78, 5) is 28.6. The third-order valence-corrected chi connectivity index (χ3v) is 10.3. The van der Waals surface area contributed by atoms with Gasteiger partial charge in [0.25, 0.3) is 11.8 Å². The van der Waals surface area contributed by atoms with Crippen LogP contribution in [0, 0.1) is 5.92 Å². The van der Waals surface area contributed by atoms with Crippen LogP contribution in [0.25, 0.3) is 0 Å². The fraction of sp³-hybridized carbons (Fsp3) is 0.333. The summed E-state index contributed by atoms with van der Waals surface area (Å²) in [6, 6.07) is 23.9. The Hall–Kier alpha value is -3.33. The Bertz CT molecular complexity index is 1350. The Morgan fingerprint density at radius 1 is 1.08 bits per heavy atom. The number of carbonyl (C=O) groups excluding carboxylic acids is 2. The predicted octanol–water partition coefficient (Wildman–Crippen LogP) is 5.64. The maximum absolute atomic E-state index is 15.6. The van der Waals surface area contributed by atoms with Crippen molar-refractivity contribution in [3.63, 3.8) is 0 Å². The lowest BCUT2D eigenvalue weighted by atomic mass is 9.82. The van der Waals surface area contributed by atoms with Gasteiger partial charge in [-0.25, -0.2) is 0 Å². The van der Waals surface area contributed by atoms with Gasteiger partial charge in [0.1, 0.15) is 0 Å². The molecule has 6 nitrogen and oxygen atoms in total. The Kier molecular flexibility index (Phi) is 6.98. The number of hydrogen-bond acceptors (Lipinski definition) is 4. The van der Waals surface area contributed by atoms with E-state index in [-0.39, 0.29) is 37.3 Å². The van der Waals surface area contributed by atoms with E-state index in [1.54, 1.807) is 30.1 Å². The Labute approximate surface area is 223 Å². The number of ether oxygens (including phenoxy) is 1. The van der Waals surface area contributed by atoms with Crippen molar-refractivity contribution in [2.24, 2.45) is 5.92 Å². The lowest BCUT2D eigenvalue weighted by Crippen LogP contribution is -2.45. The minimum atomic E-state index is -3.23. The number of halogens is 1. The normalized spacial score (nSPS) is 24.6. The fourth-order valence-corrected chi connectivity index (χ4v) is 8.82. The Morgan fingerprint density at radius 3 is 2.50 bits per heavy atom. The van der Waals surface area contributed by atoms with Crippen LogP contribution in [0.15, 0.2) is 78.9 Å². The number of aliphatic hydroxyl groups excluding tert-OH is 1. The van der Waals surface area contributed by atoms with E-state index >= 15 is 4.11 Å². The molecule has 0 aliphatic carbocycles. The van der Waals surface area contributed by atoms with Gasteiger partial charge in [-0.1, -0.05) is 55.5 Å². The molecule has 2 aliphatic rings. The predicted molar refractivity (Wildman–Crippen MR) is 148 cm³/mol. The summed E-state index contributed by atoms with van der Waals surface area (Å²) in [5.74, 6) is -0.814. The number of fused-ring (bicyclic) bond motifs is 2. The van der Waals surface area contributed by atoms with E-state index < -0.39 is 25.7 Å². The van der Waals surface area contributed by atoms with Crippen LogP contribution in [0.5, 0.6) is 0 Å². The number of para-hydroxylation sites is 1. The molecule has 0 unspecified atom stereocenters. The number of hydrogen-bond donors (Lipinski definition) is 2. The van der Waals surface area contributed by atoms with Crippen molar-refractivity contribution in [3.8, 4) is 0 Å². The molecule has 0 bridgehead atoms. The lowest BCUT2D eigenvalue weighted by Gasteiger charge is -2.31. The van der Waals surface area contributed by atoms with Gasteiger partial charge in [-0.3, -0.25) is 9.59 Å². The van der Waals surface area contributed by atoms with Crippen molar-refractivity contribution < 1.29 is 23.5 Å². The average molecular weight is 533 g/mol. The number of amides is 2. The van der Waals surface area contributed by atoms with Crippen molar-refractivity contribution >= 4 is 31.6 Å². The van der Waals surface area contributed by atoms with Gasteiger partial charge in [0.15, 0.2) is 5.60 Å². The van der Waals surface area contributed by atoms with Crippen molar-refractivity contribution in [3.05, 3.63) is 95.6 Å². The third-order valence-electron chi connectivity index (χ3n) is 7.84. The Morgan fingerprint density at radius 2 is 1.79 bits per heavy atom. The zero-order valence-corrected chi connectivity index (χ0v) is 22.9. The zero-order valence-electron chi connectivity index (χ0n) is 21.9. The maximum atomic E-state index is 15.6. The zero-order chi connectivity index (χ0) is 27.1. The molecule has 0 aromatic heterocycles. The van der Waals surface area contributed by atoms with Gasteiger partial charge >= 0.3 is 0 Å². The molecule has 198 valence electrons.